The summed E-state index contributed by atoms with van der Waals surface area (Å²) in [6, 6.07) is 0. The zero-order valence-corrected chi connectivity index (χ0v) is 11.7. The fourth-order valence-electron chi connectivity index (χ4n) is 1.23. The van der Waals surface area contributed by atoms with Gasteiger partial charge in [0.25, 0.3) is 0 Å². The van der Waals surface area contributed by atoms with Gasteiger partial charge < -0.3 is 5.11 Å². The molecule has 0 aromatic carbocycles. The minimum atomic E-state index is -3.31. The summed E-state index contributed by atoms with van der Waals surface area (Å²) in [7, 11) is -3.31. The van der Waals surface area contributed by atoms with Crippen molar-refractivity contribution in [1.82, 2.24) is 0 Å². The average molecular weight is 287 g/mol. The predicted molar refractivity (Wildman–Crippen MR) is 62.3 cm³/mol. The number of aliphatic hydroxyl groups excluding tert-OH is 1. The van der Waals surface area contributed by atoms with E-state index in [0.717, 1.165) is 0 Å². The van der Waals surface area contributed by atoms with Crippen LogP contribution in [0.2, 0.25) is 0 Å². The van der Waals surface area contributed by atoms with E-state index >= 15 is 0 Å². The molecule has 14 heavy (non-hydrogen) atoms. The quantitative estimate of drug-likeness (QED) is 0.807. The van der Waals surface area contributed by atoms with Crippen molar-refractivity contribution in [3.8, 4) is 0 Å². The summed E-state index contributed by atoms with van der Waals surface area (Å²) in [5, 5.41) is 9.95. The molecule has 0 radical (unpaired) electrons. The van der Waals surface area contributed by atoms with Gasteiger partial charge in [0, 0.05) is 5.75 Å². The maximum Gasteiger partial charge on any atom is 0.167 e. The van der Waals surface area contributed by atoms with Gasteiger partial charge in [-0.2, -0.15) is 0 Å². The van der Waals surface area contributed by atoms with E-state index in [1.807, 2.05) is 20.8 Å². The van der Waals surface area contributed by atoms with Crippen molar-refractivity contribution in [2.75, 3.05) is 5.75 Å². The van der Waals surface area contributed by atoms with E-state index in [1.165, 1.54) is 6.92 Å². The second kappa shape index (κ2) is 4.10. The SMILES string of the molecule is CCS(=O)(=O)[C@@](C)(Br)[C@H](O)C(C)(C)C. The Hall–Kier alpha value is 0.390. The molecule has 0 aromatic heterocycles. The molecule has 0 heterocycles. The number of halogens is 1. The van der Waals surface area contributed by atoms with Crippen molar-refractivity contribution in [3.63, 3.8) is 0 Å². The maximum atomic E-state index is 11.7. The van der Waals surface area contributed by atoms with Gasteiger partial charge in [0.05, 0.1) is 6.10 Å². The number of sulfone groups is 1. The second-order valence-corrected chi connectivity index (χ2v) is 9.49. The third-order valence-electron chi connectivity index (χ3n) is 2.30. The molecule has 0 aliphatic heterocycles. The first kappa shape index (κ1) is 14.4. The predicted octanol–water partition coefficient (Wildman–Crippen LogP) is 1.94. The smallest absolute Gasteiger partial charge is 0.167 e. The second-order valence-electron chi connectivity index (χ2n) is 4.66. The monoisotopic (exact) mass is 286 g/mol. The number of hydrogen-bond donors (Lipinski definition) is 1. The molecule has 0 aromatic rings. The van der Waals surface area contributed by atoms with Crippen LogP contribution < -0.4 is 0 Å². The number of aliphatic hydroxyl groups is 1. The molecular formula is C9H19BrO3S. The maximum absolute atomic E-state index is 11.7. The van der Waals surface area contributed by atoms with Crippen LogP contribution in [-0.4, -0.2) is 29.0 Å². The molecule has 0 aliphatic rings. The molecule has 1 N–H and O–H groups in total. The first-order valence-corrected chi connectivity index (χ1v) is 7.00. The molecule has 3 nitrogen and oxygen atoms in total. The summed E-state index contributed by atoms with van der Waals surface area (Å²) in [5.41, 5.74) is -0.472. The van der Waals surface area contributed by atoms with Crippen LogP contribution in [0.25, 0.3) is 0 Å². The summed E-state index contributed by atoms with van der Waals surface area (Å²) in [5.74, 6) is 0.0158. The molecule has 0 saturated carbocycles. The minimum absolute atomic E-state index is 0.0158. The lowest BCUT2D eigenvalue weighted by Crippen LogP contribution is -2.48. The van der Waals surface area contributed by atoms with Crippen molar-refractivity contribution >= 4 is 25.8 Å². The van der Waals surface area contributed by atoms with E-state index < -0.39 is 25.0 Å². The molecule has 2 atom stereocenters. The highest BCUT2D eigenvalue weighted by molar-refractivity contribution is 9.11. The van der Waals surface area contributed by atoms with E-state index in [0.29, 0.717) is 0 Å². The topological polar surface area (TPSA) is 54.4 Å². The number of hydrogen-bond acceptors (Lipinski definition) is 3. The van der Waals surface area contributed by atoms with Crippen molar-refractivity contribution in [2.24, 2.45) is 5.41 Å². The molecule has 0 spiro atoms. The third kappa shape index (κ3) is 2.70. The van der Waals surface area contributed by atoms with Gasteiger partial charge >= 0.3 is 0 Å². The molecule has 86 valence electrons. The number of alkyl halides is 1. The van der Waals surface area contributed by atoms with Crippen LogP contribution in [0, 0.1) is 5.41 Å². The Labute approximate surface area is 94.9 Å². The Morgan fingerprint density at radius 2 is 1.64 bits per heavy atom. The molecule has 5 heteroatoms. The lowest BCUT2D eigenvalue weighted by Gasteiger charge is -2.36. The van der Waals surface area contributed by atoms with Crippen LogP contribution in [0.3, 0.4) is 0 Å². The van der Waals surface area contributed by atoms with E-state index in [4.69, 9.17) is 0 Å². The van der Waals surface area contributed by atoms with Gasteiger partial charge in [0.2, 0.25) is 0 Å². The molecular weight excluding hydrogens is 268 g/mol. The van der Waals surface area contributed by atoms with Crippen molar-refractivity contribution in [2.45, 2.75) is 44.4 Å². The summed E-state index contributed by atoms with van der Waals surface area (Å²) in [6.45, 7) is 8.50. The molecule has 0 aliphatic carbocycles. The number of rotatable bonds is 3. The van der Waals surface area contributed by atoms with Crippen molar-refractivity contribution in [1.29, 1.82) is 0 Å². The molecule has 0 amide bonds. The van der Waals surface area contributed by atoms with E-state index in [1.54, 1.807) is 6.92 Å². The van der Waals surface area contributed by atoms with Gasteiger partial charge in [-0.05, 0) is 12.3 Å². The molecule has 0 bridgehead atoms. The van der Waals surface area contributed by atoms with Crippen LogP contribution in [0.5, 0.6) is 0 Å². The van der Waals surface area contributed by atoms with Crippen molar-refractivity contribution < 1.29 is 13.5 Å². The van der Waals surface area contributed by atoms with Crippen LogP contribution in [0.1, 0.15) is 34.6 Å². The zero-order valence-electron chi connectivity index (χ0n) is 9.33. The van der Waals surface area contributed by atoms with Crippen LogP contribution >= 0.6 is 15.9 Å². The van der Waals surface area contributed by atoms with Crippen LogP contribution in [0.15, 0.2) is 0 Å². The highest BCUT2D eigenvalue weighted by Gasteiger charge is 2.47. The molecule has 0 fully saturated rings. The highest BCUT2D eigenvalue weighted by Crippen LogP contribution is 2.38. The van der Waals surface area contributed by atoms with Gasteiger partial charge in [-0.3, -0.25) is 0 Å². The normalized spacial score (nSPS) is 20.2. The summed E-state index contributed by atoms with van der Waals surface area (Å²) in [4.78, 5) is 0. The fraction of sp³-hybridized carbons (Fsp3) is 1.00. The lowest BCUT2D eigenvalue weighted by molar-refractivity contribution is 0.0560. The molecule has 0 saturated heterocycles. The van der Waals surface area contributed by atoms with Gasteiger partial charge in [0.1, 0.15) is 0 Å². The first-order valence-electron chi connectivity index (χ1n) is 4.56. The Bertz CT molecular complexity index is 288. The van der Waals surface area contributed by atoms with Gasteiger partial charge in [-0.1, -0.05) is 43.6 Å². The Morgan fingerprint density at radius 1 is 1.29 bits per heavy atom. The van der Waals surface area contributed by atoms with E-state index in [-0.39, 0.29) is 5.75 Å². The Kier molecular flexibility index (Phi) is 4.21. The van der Waals surface area contributed by atoms with Gasteiger partial charge in [0.15, 0.2) is 13.5 Å². The standard InChI is InChI=1S/C9H19BrO3S/c1-6-14(12,13)9(5,10)7(11)8(2,3)4/h7,11H,6H2,1-5H3/t7-,9-/m1/s1. The highest BCUT2D eigenvalue weighted by atomic mass is 79.9. The van der Waals surface area contributed by atoms with Crippen molar-refractivity contribution in [3.05, 3.63) is 0 Å². The molecule has 0 unspecified atom stereocenters. The zero-order chi connectivity index (χ0) is 11.8. The largest absolute Gasteiger partial charge is 0.390 e. The Balaban J connectivity index is 5.18. The van der Waals surface area contributed by atoms with E-state index in [9.17, 15) is 13.5 Å². The first-order chi connectivity index (χ1) is 5.97. The Morgan fingerprint density at radius 3 is 1.86 bits per heavy atom. The summed E-state index contributed by atoms with van der Waals surface area (Å²) in [6.07, 6.45) is -0.944. The van der Waals surface area contributed by atoms with Crippen LogP contribution in [0.4, 0.5) is 0 Å². The summed E-state index contributed by atoms with van der Waals surface area (Å²) >= 11 is 3.13. The van der Waals surface area contributed by atoms with Gasteiger partial charge in [-0.15, -0.1) is 0 Å². The fourth-order valence-corrected chi connectivity index (χ4v) is 3.86. The third-order valence-corrected chi connectivity index (χ3v) is 6.41. The average Bonchev–Trinajstić information content (AvgIpc) is 2.01. The lowest BCUT2D eigenvalue weighted by atomic mass is 9.87. The van der Waals surface area contributed by atoms with E-state index in [2.05, 4.69) is 15.9 Å². The molecule has 0 rings (SSSR count). The summed E-state index contributed by atoms with van der Waals surface area (Å²) < 4.78 is 22.1. The minimum Gasteiger partial charge on any atom is -0.390 e. The van der Waals surface area contributed by atoms with Gasteiger partial charge in [-0.25, -0.2) is 8.42 Å². The van der Waals surface area contributed by atoms with Crippen LogP contribution in [-0.2, 0) is 9.84 Å².